The number of fused-ring (bicyclic) bond motifs is 2. The molecule has 0 aliphatic carbocycles. The second-order valence-corrected chi connectivity index (χ2v) is 29.1. The molecule has 8 rings (SSSR count). The summed E-state index contributed by atoms with van der Waals surface area (Å²) in [6.45, 7) is 26.2. The van der Waals surface area contributed by atoms with E-state index in [2.05, 4.69) is 21.3 Å². The van der Waals surface area contributed by atoms with Gasteiger partial charge in [-0.25, -0.2) is 14.4 Å². The Morgan fingerprint density at radius 1 is 0.609 bits per heavy atom. The maximum absolute atomic E-state index is 14.2. The number of nitrogens with zero attached hydrogens (tertiary/aromatic N) is 4. The number of amides is 8. The van der Waals surface area contributed by atoms with Crippen LogP contribution in [0.4, 0.5) is 32.3 Å². The van der Waals surface area contributed by atoms with E-state index >= 15 is 0 Å². The van der Waals surface area contributed by atoms with Crippen LogP contribution in [-0.2, 0) is 73.8 Å². The first-order valence-corrected chi connectivity index (χ1v) is 33.0. The monoisotopic (exact) mass is 1310 g/mol. The Hall–Kier alpha value is -7.70. The lowest BCUT2D eigenvalue weighted by Gasteiger charge is -2.37. The molecule has 6 heterocycles. The lowest BCUT2D eigenvalue weighted by atomic mass is 9.84. The average molecular weight is 1310 g/mol. The summed E-state index contributed by atoms with van der Waals surface area (Å²) in [5.41, 5.74) is 9.17. The van der Waals surface area contributed by atoms with E-state index in [9.17, 15) is 47.9 Å². The van der Waals surface area contributed by atoms with Crippen LogP contribution in [0.2, 0.25) is 0 Å². The number of carbonyl (C=O) groups excluding carboxylic acids is 9. The highest BCUT2D eigenvalue weighted by Crippen LogP contribution is 2.43. The van der Waals surface area contributed by atoms with Gasteiger partial charge in [0, 0.05) is 38.3 Å². The molecule has 0 saturated carbocycles. The number of para-hydroxylation sites is 2. The number of nitrogens with two attached hydrogens (primary N) is 1. The highest BCUT2D eigenvalue weighted by atomic mass is 32.1. The largest absolute Gasteiger partial charge is 0.480 e. The van der Waals surface area contributed by atoms with E-state index in [1.807, 2.05) is 103 Å². The van der Waals surface area contributed by atoms with Gasteiger partial charge in [-0.2, -0.15) is 22.7 Å². The number of alkyl carbamates (subject to hydrolysis) is 2. The second-order valence-electron chi connectivity index (χ2n) is 27.5. The first kappa shape index (κ1) is 75.0. The minimum atomic E-state index is -1.35. The van der Waals surface area contributed by atoms with E-state index in [4.69, 9.17) is 20.3 Å². The molecule has 2 fully saturated rings. The highest BCUT2D eigenvalue weighted by Gasteiger charge is 2.42. The summed E-state index contributed by atoms with van der Waals surface area (Å²) in [5.74, 6) is -2.96. The number of rotatable bonds is 20. The summed E-state index contributed by atoms with van der Waals surface area (Å²) in [4.78, 5) is 134. The number of thiophene rings is 2. The van der Waals surface area contributed by atoms with Crippen LogP contribution < -0.4 is 46.6 Å². The van der Waals surface area contributed by atoms with E-state index in [1.54, 1.807) is 92.8 Å². The predicted molar refractivity (Wildman–Crippen MR) is 360 cm³/mol. The van der Waals surface area contributed by atoms with Gasteiger partial charge in [0.2, 0.25) is 35.4 Å². The molecule has 4 aliphatic rings. The summed E-state index contributed by atoms with van der Waals surface area (Å²) in [6.07, 6.45) is 2.72. The number of ether oxygens (including phenoxy) is 2. The van der Waals surface area contributed by atoms with Crippen LogP contribution in [-0.4, -0.2) is 118 Å². The molecule has 0 radical (unpaired) electrons. The zero-order valence-corrected chi connectivity index (χ0v) is 56.7. The normalized spacial score (nSPS) is 17.3. The fourth-order valence-electron chi connectivity index (χ4n) is 11.0. The summed E-state index contributed by atoms with van der Waals surface area (Å²) in [6, 6.07) is 13.3. The highest BCUT2D eigenvalue weighted by molar-refractivity contribution is 7.08. The lowest BCUT2D eigenvalue weighted by molar-refractivity contribution is -0.143. The van der Waals surface area contributed by atoms with Gasteiger partial charge in [0.05, 0.1) is 47.9 Å². The first-order valence-electron chi connectivity index (χ1n) is 31.1. The number of carbonyl (C=O) groups is 10. The molecule has 4 aliphatic heterocycles. The molecule has 0 bridgehead atoms. The minimum absolute atomic E-state index is 0. The fourth-order valence-corrected chi connectivity index (χ4v) is 12.3. The van der Waals surface area contributed by atoms with Crippen LogP contribution in [0.1, 0.15) is 172 Å². The van der Waals surface area contributed by atoms with Gasteiger partial charge < -0.3 is 61.2 Å². The summed E-state index contributed by atoms with van der Waals surface area (Å²) in [5, 5.41) is 27.5. The average Bonchev–Trinajstić information content (AvgIpc) is 1.12. The molecular weight excluding hydrogens is 1210 g/mol. The summed E-state index contributed by atoms with van der Waals surface area (Å²) >= 11 is 3.15. The Morgan fingerprint density at radius 2 is 1.02 bits per heavy atom. The third kappa shape index (κ3) is 20.7. The number of anilines is 4. The molecule has 2 aromatic carbocycles. The van der Waals surface area contributed by atoms with Gasteiger partial charge in [0.15, 0.2) is 5.78 Å². The zero-order valence-electron chi connectivity index (χ0n) is 55.1. The molecule has 4 aromatic rings. The molecule has 4 atom stereocenters. The van der Waals surface area contributed by atoms with Crippen LogP contribution in [0.25, 0.3) is 0 Å². The minimum Gasteiger partial charge on any atom is -0.480 e. The van der Waals surface area contributed by atoms with Crippen LogP contribution >= 0.6 is 22.7 Å². The number of Topliss-reactive ketones (excluding diaryl/α,β-unsaturated/α-hetero) is 1. The molecule has 2 aromatic heterocycles. The Kier molecular flexibility index (Phi) is 25.9. The Balaban J connectivity index is 0.000000275. The van der Waals surface area contributed by atoms with Crippen LogP contribution in [0.5, 0.6) is 0 Å². The molecule has 2 unspecified atom stereocenters. The Bertz CT molecular complexity index is 3280. The standard InChI is InChI=1S/C34H46N4O6S.C18H19N3O2S.C15H28N2O5.CH4/c1-21(2)16-25(35-31(42)34(6,7)36-32(43)44-33(3,4)5)27(39)18-24-17-23-10-8-11-26(37-14-9-12-28(37)40)29(23)38(30(24)41)19-22-13-15-45-20-22;19-14-9-13-3-1-4-15(20-7-2-5-16(20)22)17(13)21(18(14)23)10-12-6-8-24-11-12;1-9(2)8-10(11(18)19)16-12(20)15(6,7)17-13(21)22-14(3,4)5;/h8,10-11,13,15,20-21,24-25H,9,12,14,16-19H2,1-7H3,(H,35,42)(H,36,43);1,3-4,6,8,11,14H,2,5,7,9-10,19H2;9-10H,8H2,1-7H3,(H,16,20)(H,17,21)(H,18,19);1H4/t24?,25-;;10-;/m1.1./s1. The van der Waals surface area contributed by atoms with Crippen molar-refractivity contribution in [1.82, 2.24) is 21.3 Å². The number of hydrogen-bond donors (Lipinski definition) is 6. The van der Waals surface area contributed by atoms with Crippen LogP contribution in [0, 0.1) is 17.8 Å². The van der Waals surface area contributed by atoms with E-state index in [1.165, 1.54) is 13.8 Å². The number of benzene rings is 2. The molecule has 7 N–H and O–H groups in total. The van der Waals surface area contributed by atoms with Gasteiger partial charge in [0.25, 0.3) is 0 Å². The van der Waals surface area contributed by atoms with Gasteiger partial charge in [-0.05, 0) is 188 Å². The number of ketones is 1. The molecule has 92 heavy (non-hydrogen) atoms. The van der Waals surface area contributed by atoms with Crippen molar-refractivity contribution in [2.45, 2.75) is 216 Å². The third-order valence-corrected chi connectivity index (χ3v) is 16.8. The second kappa shape index (κ2) is 31.8. The first-order chi connectivity index (χ1) is 42.4. The van der Waals surface area contributed by atoms with E-state index in [0.29, 0.717) is 64.7 Å². The summed E-state index contributed by atoms with van der Waals surface area (Å²) < 4.78 is 10.4. The maximum Gasteiger partial charge on any atom is 0.408 e. The Morgan fingerprint density at radius 3 is 1.40 bits per heavy atom. The molecular formula is C68H97N9O13S2. The van der Waals surface area contributed by atoms with Crippen molar-refractivity contribution < 1.29 is 62.5 Å². The SMILES string of the molecule is C.CC(C)C[C@@H](NC(=O)C(C)(C)NC(=O)OC(C)(C)C)C(=O)CC1Cc2cccc(N3CCCC3=O)c2N(Cc2ccsc2)C1=O.CC(C)C[C@@H](NC(=O)C(C)(C)NC(=O)OC(C)(C)C)C(=O)O.NC1Cc2cccc(N3CCCC3=O)c2N(Cc2ccsc2)C1=O. The maximum atomic E-state index is 14.2. The molecule has 504 valence electrons. The quantitative estimate of drug-likeness (QED) is 0.0480. The van der Waals surface area contributed by atoms with E-state index < -0.39 is 76.3 Å². The van der Waals surface area contributed by atoms with E-state index in [0.717, 1.165) is 57.8 Å². The van der Waals surface area contributed by atoms with Gasteiger partial charge >= 0.3 is 18.2 Å². The van der Waals surface area contributed by atoms with Crippen LogP contribution in [0.15, 0.2) is 70.1 Å². The number of nitrogens with one attached hydrogen (secondary N) is 4. The number of carboxylic acids is 1. The molecule has 0 spiro atoms. The van der Waals surface area contributed by atoms with Gasteiger partial charge in [-0.3, -0.25) is 33.6 Å². The van der Waals surface area contributed by atoms with Gasteiger partial charge in [0.1, 0.15) is 28.3 Å². The van der Waals surface area contributed by atoms with Crippen LogP contribution in [0.3, 0.4) is 0 Å². The number of hydrogen-bond acceptors (Lipinski definition) is 15. The smallest absolute Gasteiger partial charge is 0.408 e. The number of carboxylic acid groups (broad SMARTS) is 1. The molecule has 24 heteroatoms. The number of aliphatic carboxylic acids is 1. The fraction of sp³-hybridized carbons (Fsp3) is 0.559. The van der Waals surface area contributed by atoms with Gasteiger partial charge in [-0.1, -0.05) is 59.4 Å². The van der Waals surface area contributed by atoms with Crippen molar-refractivity contribution in [2.75, 3.05) is 32.7 Å². The molecule has 8 amide bonds. The zero-order chi connectivity index (χ0) is 67.5. The van der Waals surface area contributed by atoms with Gasteiger partial charge in [-0.15, -0.1) is 0 Å². The van der Waals surface area contributed by atoms with Crippen molar-refractivity contribution in [2.24, 2.45) is 23.5 Å². The van der Waals surface area contributed by atoms with E-state index in [-0.39, 0.29) is 55.1 Å². The van der Waals surface area contributed by atoms with Crippen molar-refractivity contribution in [3.63, 3.8) is 0 Å². The predicted octanol–water partition coefficient (Wildman–Crippen LogP) is 10.2. The van der Waals surface area contributed by atoms with Crippen molar-refractivity contribution in [1.29, 1.82) is 0 Å². The summed E-state index contributed by atoms with van der Waals surface area (Å²) in [7, 11) is 0. The molecule has 22 nitrogen and oxygen atoms in total. The Labute approximate surface area is 550 Å². The van der Waals surface area contributed by atoms with Crippen molar-refractivity contribution in [3.05, 3.63) is 92.3 Å². The van der Waals surface area contributed by atoms with Crippen molar-refractivity contribution in [3.8, 4) is 0 Å². The topological polar surface area (TPSA) is 296 Å². The van der Waals surface area contributed by atoms with Crippen molar-refractivity contribution >= 4 is 105 Å². The lowest BCUT2D eigenvalue weighted by Crippen LogP contribution is -2.58. The third-order valence-electron chi connectivity index (χ3n) is 15.3. The molecule has 2 saturated heterocycles.